The molecule has 2 N–H and O–H groups in total. The van der Waals surface area contributed by atoms with Gasteiger partial charge in [-0.15, -0.1) is 0 Å². The number of amides is 1. The summed E-state index contributed by atoms with van der Waals surface area (Å²) in [5.74, 6) is 1.85. The summed E-state index contributed by atoms with van der Waals surface area (Å²) in [7, 11) is 3.11. The van der Waals surface area contributed by atoms with E-state index in [9.17, 15) is 4.79 Å². The van der Waals surface area contributed by atoms with Crippen molar-refractivity contribution in [1.82, 2.24) is 9.97 Å². The van der Waals surface area contributed by atoms with Crippen LogP contribution in [-0.4, -0.2) is 35.8 Å². The highest BCUT2D eigenvalue weighted by Crippen LogP contribution is 2.29. The summed E-state index contributed by atoms with van der Waals surface area (Å²) >= 11 is 7.49. The van der Waals surface area contributed by atoms with Crippen LogP contribution in [0.3, 0.4) is 0 Å². The molecule has 0 aliphatic carbocycles. The molecule has 0 bridgehead atoms. The minimum atomic E-state index is -0.173. The lowest BCUT2D eigenvalue weighted by Gasteiger charge is -2.11. The van der Waals surface area contributed by atoms with E-state index in [1.165, 1.54) is 25.2 Å². The number of rotatable bonds is 9. The van der Waals surface area contributed by atoms with Gasteiger partial charge in [0.2, 0.25) is 5.91 Å². The van der Waals surface area contributed by atoms with Gasteiger partial charge in [0.05, 0.1) is 25.7 Å². The first kappa shape index (κ1) is 21.7. The summed E-state index contributed by atoms with van der Waals surface area (Å²) in [4.78, 5) is 20.8. The van der Waals surface area contributed by atoms with Gasteiger partial charge >= 0.3 is 0 Å². The van der Waals surface area contributed by atoms with Gasteiger partial charge in [0.15, 0.2) is 0 Å². The molecule has 1 heterocycles. The maximum Gasteiger partial charge on any atom is 0.234 e. The number of benzene rings is 2. The van der Waals surface area contributed by atoms with Gasteiger partial charge in [-0.25, -0.2) is 9.97 Å². The molecule has 1 aromatic heterocycles. The second kappa shape index (κ2) is 10.7. The second-order valence-corrected chi connectivity index (χ2v) is 7.49. The Morgan fingerprint density at radius 1 is 1.10 bits per heavy atom. The van der Waals surface area contributed by atoms with E-state index in [4.69, 9.17) is 21.1 Å². The highest BCUT2D eigenvalue weighted by atomic mass is 35.5. The van der Waals surface area contributed by atoms with Crippen molar-refractivity contribution in [3.8, 4) is 11.5 Å². The zero-order valence-corrected chi connectivity index (χ0v) is 18.1. The van der Waals surface area contributed by atoms with E-state index in [1.807, 2.05) is 24.3 Å². The van der Waals surface area contributed by atoms with Gasteiger partial charge in [-0.05, 0) is 23.8 Å². The number of hydrogen-bond donors (Lipinski definition) is 2. The molecule has 0 radical (unpaired) electrons. The monoisotopic (exact) mass is 444 g/mol. The van der Waals surface area contributed by atoms with Gasteiger partial charge in [-0.3, -0.25) is 4.79 Å². The molecule has 0 aliphatic rings. The molecule has 0 saturated carbocycles. The lowest BCUT2D eigenvalue weighted by molar-refractivity contribution is -0.113. The highest BCUT2D eigenvalue weighted by molar-refractivity contribution is 7.99. The van der Waals surface area contributed by atoms with E-state index in [0.717, 1.165) is 5.56 Å². The molecule has 0 atom stereocenters. The number of ether oxygens (including phenoxy) is 2. The number of nitrogens with zero attached hydrogens (tertiary/aromatic N) is 2. The standard InChI is InChI=1S/C21H21ClN4O3S/c1-28-15-7-8-17(18(9-15)29-2)26-20(27)12-30-21-10-19(24-13-25-21)23-11-14-5-3-4-6-16(14)22/h3-10,13H,11-12H2,1-2H3,(H,26,27)(H,23,24,25). The third kappa shape index (κ3) is 6.01. The van der Waals surface area contributed by atoms with Gasteiger partial charge in [-0.1, -0.05) is 41.6 Å². The van der Waals surface area contributed by atoms with Crippen LogP contribution in [0.5, 0.6) is 11.5 Å². The Bertz CT molecular complexity index is 1020. The number of nitrogens with one attached hydrogen (secondary N) is 2. The van der Waals surface area contributed by atoms with Crippen molar-refractivity contribution in [3.63, 3.8) is 0 Å². The first-order valence-electron chi connectivity index (χ1n) is 9.03. The van der Waals surface area contributed by atoms with Crippen molar-refractivity contribution in [1.29, 1.82) is 0 Å². The number of carbonyl (C=O) groups is 1. The van der Waals surface area contributed by atoms with Crippen molar-refractivity contribution in [2.24, 2.45) is 0 Å². The molecule has 7 nitrogen and oxygen atoms in total. The zero-order valence-electron chi connectivity index (χ0n) is 16.5. The van der Waals surface area contributed by atoms with E-state index in [2.05, 4.69) is 20.6 Å². The first-order valence-corrected chi connectivity index (χ1v) is 10.4. The second-order valence-electron chi connectivity index (χ2n) is 6.09. The lowest BCUT2D eigenvalue weighted by Crippen LogP contribution is -2.15. The minimum absolute atomic E-state index is 0.173. The fourth-order valence-electron chi connectivity index (χ4n) is 2.57. The van der Waals surface area contributed by atoms with Crippen LogP contribution >= 0.6 is 23.4 Å². The molecule has 0 aliphatic heterocycles. The number of anilines is 2. The first-order chi connectivity index (χ1) is 14.6. The molecule has 156 valence electrons. The molecule has 2 aromatic carbocycles. The smallest absolute Gasteiger partial charge is 0.234 e. The summed E-state index contributed by atoms with van der Waals surface area (Å²) in [5.41, 5.74) is 1.55. The van der Waals surface area contributed by atoms with Gasteiger partial charge in [0.1, 0.15) is 28.7 Å². The molecule has 1 amide bonds. The van der Waals surface area contributed by atoms with Crippen LogP contribution in [0.25, 0.3) is 0 Å². The Balaban J connectivity index is 1.55. The molecular weight excluding hydrogens is 424 g/mol. The third-order valence-electron chi connectivity index (χ3n) is 4.09. The van der Waals surface area contributed by atoms with E-state index in [-0.39, 0.29) is 11.7 Å². The summed E-state index contributed by atoms with van der Waals surface area (Å²) in [5, 5.41) is 7.43. The average molecular weight is 445 g/mol. The molecule has 0 fully saturated rings. The largest absolute Gasteiger partial charge is 0.497 e. The Labute approximate surface area is 184 Å². The van der Waals surface area contributed by atoms with Gasteiger partial charge in [-0.2, -0.15) is 0 Å². The number of methoxy groups -OCH3 is 2. The van der Waals surface area contributed by atoms with Crippen molar-refractivity contribution in [2.75, 3.05) is 30.6 Å². The van der Waals surface area contributed by atoms with E-state index >= 15 is 0 Å². The number of aromatic nitrogens is 2. The number of carbonyl (C=O) groups excluding carboxylic acids is 1. The maximum atomic E-state index is 12.3. The van der Waals surface area contributed by atoms with Crippen molar-refractivity contribution >= 4 is 40.8 Å². The van der Waals surface area contributed by atoms with Crippen LogP contribution < -0.4 is 20.1 Å². The predicted octanol–water partition coefficient (Wildman–Crippen LogP) is 4.49. The van der Waals surface area contributed by atoms with Crippen LogP contribution in [0.1, 0.15) is 5.56 Å². The third-order valence-corrected chi connectivity index (χ3v) is 5.39. The molecule has 3 aromatic rings. The van der Waals surface area contributed by atoms with E-state index < -0.39 is 0 Å². The Morgan fingerprint density at radius 2 is 1.93 bits per heavy atom. The number of thioether (sulfide) groups is 1. The van der Waals surface area contributed by atoms with Crippen LogP contribution in [0.15, 0.2) is 59.9 Å². The Kier molecular flexibility index (Phi) is 7.75. The number of halogens is 1. The Hall–Kier alpha value is -2.97. The fraction of sp³-hybridized carbons (Fsp3) is 0.190. The quantitative estimate of drug-likeness (QED) is 0.371. The van der Waals surface area contributed by atoms with E-state index in [1.54, 1.807) is 31.4 Å². The van der Waals surface area contributed by atoms with Crippen LogP contribution in [-0.2, 0) is 11.3 Å². The topological polar surface area (TPSA) is 85.4 Å². The normalized spacial score (nSPS) is 10.4. The van der Waals surface area contributed by atoms with Crippen molar-refractivity contribution < 1.29 is 14.3 Å². The van der Waals surface area contributed by atoms with Crippen molar-refractivity contribution in [3.05, 3.63) is 65.4 Å². The zero-order chi connectivity index (χ0) is 21.3. The number of hydrogen-bond acceptors (Lipinski definition) is 7. The lowest BCUT2D eigenvalue weighted by atomic mass is 10.2. The summed E-state index contributed by atoms with van der Waals surface area (Å²) < 4.78 is 10.5. The van der Waals surface area contributed by atoms with E-state index in [0.29, 0.717) is 39.6 Å². The van der Waals surface area contributed by atoms with Crippen molar-refractivity contribution in [2.45, 2.75) is 11.6 Å². The summed E-state index contributed by atoms with van der Waals surface area (Å²) in [6, 6.07) is 14.6. The molecule has 0 spiro atoms. The van der Waals surface area contributed by atoms with Gasteiger partial charge < -0.3 is 20.1 Å². The SMILES string of the molecule is COc1ccc(NC(=O)CSc2cc(NCc3ccccc3Cl)ncn2)c(OC)c1. The van der Waals surface area contributed by atoms with Crippen LogP contribution in [0, 0.1) is 0 Å². The van der Waals surface area contributed by atoms with Gasteiger partial charge in [0, 0.05) is 23.7 Å². The average Bonchev–Trinajstić information content (AvgIpc) is 2.77. The van der Waals surface area contributed by atoms with Crippen LogP contribution in [0.4, 0.5) is 11.5 Å². The minimum Gasteiger partial charge on any atom is -0.497 e. The summed E-state index contributed by atoms with van der Waals surface area (Å²) in [6.07, 6.45) is 1.46. The predicted molar refractivity (Wildman–Crippen MR) is 120 cm³/mol. The van der Waals surface area contributed by atoms with Crippen LogP contribution in [0.2, 0.25) is 5.02 Å². The van der Waals surface area contributed by atoms with Gasteiger partial charge in [0.25, 0.3) is 0 Å². The molecule has 9 heteroatoms. The molecule has 0 unspecified atom stereocenters. The highest BCUT2D eigenvalue weighted by Gasteiger charge is 2.10. The summed E-state index contributed by atoms with van der Waals surface area (Å²) in [6.45, 7) is 0.540. The molecule has 3 rings (SSSR count). The molecule has 30 heavy (non-hydrogen) atoms. The molecule has 0 saturated heterocycles. The molecular formula is C21H21ClN4O3S. The Morgan fingerprint density at radius 3 is 2.70 bits per heavy atom. The fourth-order valence-corrected chi connectivity index (χ4v) is 3.44. The maximum absolute atomic E-state index is 12.3.